The van der Waals surface area contributed by atoms with E-state index in [1.807, 2.05) is 0 Å². The Bertz CT molecular complexity index is 694. The minimum Gasteiger partial charge on any atom is -0.496 e. The molecule has 3 nitrogen and oxygen atoms in total. The number of hydrogen-bond donors (Lipinski definition) is 0. The molecule has 0 atom stereocenters. The van der Waals surface area contributed by atoms with E-state index >= 15 is 0 Å². The molecule has 2 rings (SSSR count). The van der Waals surface area contributed by atoms with Crippen LogP contribution in [-0.4, -0.2) is 30.7 Å². The lowest BCUT2D eigenvalue weighted by Gasteiger charge is -2.19. The Morgan fingerprint density at radius 1 is 1.25 bits per heavy atom. The standard InChI is InChI=1S/C18H19ClFNO2S/c1-21(12-13-11-14(19)3-8-17(13)23-2)18(22)9-10-24-16-6-4-15(20)5-7-16/h3-8,11H,9-10,12H2,1-2H3. The van der Waals surface area contributed by atoms with Crippen molar-refractivity contribution in [2.24, 2.45) is 0 Å². The Labute approximate surface area is 150 Å². The summed E-state index contributed by atoms with van der Waals surface area (Å²) in [4.78, 5) is 14.9. The molecule has 0 unspecified atom stereocenters. The van der Waals surface area contributed by atoms with Crippen LogP contribution in [0.1, 0.15) is 12.0 Å². The topological polar surface area (TPSA) is 29.5 Å². The molecule has 128 valence electrons. The van der Waals surface area contributed by atoms with Gasteiger partial charge in [0, 0.05) is 41.2 Å². The minimum absolute atomic E-state index is 0.0339. The van der Waals surface area contributed by atoms with E-state index in [1.165, 1.54) is 23.9 Å². The Balaban J connectivity index is 1.86. The molecule has 0 N–H and O–H groups in total. The summed E-state index contributed by atoms with van der Waals surface area (Å²) in [7, 11) is 3.35. The second-order valence-corrected chi connectivity index (χ2v) is 6.86. The zero-order chi connectivity index (χ0) is 17.5. The third-order valence-corrected chi connectivity index (χ3v) is 4.72. The van der Waals surface area contributed by atoms with Crippen LogP contribution < -0.4 is 4.74 Å². The molecule has 0 radical (unpaired) electrons. The zero-order valence-corrected chi connectivity index (χ0v) is 15.2. The molecule has 0 aliphatic rings. The normalized spacial score (nSPS) is 10.5. The third-order valence-electron chi connectivity index (χ3n) is 3.47. The van der Waals surface area contributed by atoms with Crippen LogP contribution in [0.25, 0.3) is 0 Å². The van der Waals surface area contributed by atoms with Gasteiger partial charge in [-0.1, -0.05) is 11.6 Å². The minimum atomic E-state index is -0.259. The molecule has 0 spiro atoms. The number of halogens is 2. The van der Waals surface area contributed by atoms with Crippen molar-refractivity contribution in [3.63, 3.8) is 0 Å². The first-order valence-corrected chi connectivity index (χ1v) is 8.80. The van der Waals surface area contributed by atoms with E-state index < -0.39 is 0 Å². The van der Waals surface area contributed by atoms with E-state index in [0.29, 0.717) is 29.5 Å². The van der Waals surface area contributed by atoms with Gasteiger partial charge in [0.2, 0.25) is 5.91 Å². The quantitative estimate of drug-likeness (QED) is 0.668. The van der Waals surface area contributed by atoms with E-state index in [4.69, 9.17) is 16.3 Å². The second-order valence-electron chi connectivity index (χ2n) is 5.26. The number of carbonyl (C=O) groups is 1. The summed E-state index contributed by atoms with van der Waals surface area (Å²) in [6, 6.07) is 11.6. The van der Waals surface area contributed by atoms with Crippen molar-refractivity contribution in [3.05, 3.63) is 58.9 Å². The van der Waals surface area contributed by atoms with Gasteiger partial charge in [-0.05, 0) is 42.5 Å². The number of thioether (sulfide) groups is 1. The number of carbonyl (C=O) groups excluding carboxylic acids is 1. The predicted molar refractivity (Wildman–Crippen MR) is 96.2 cm³/mol. The number of methoxy groups -OCH3 is 1. The molecule has 6 heteroatoms. The fraction of sp³-hybridized carbons (Fsp3) is 0.278. The maximum absolute atomic E-state index is 12.9. The largest absolute Gasteiger partial charge is 0.496 e. The predicted octanol–water partition coefficient (Wildman–Crippen LogP) is 4.63. The van der Waals surface area contributed by atoms with Crippen molar-refractivity contribution in [3.8, 4) is 5.75 Å². The van der Waals surface area contributed by atoms with E-state index in [-0.39, 0.29) is 11.7 Å². The molecule has 1 amide bonds. The van der Waals surface area contributed by atoms with E-state index in [0.717, 1.165) is 10.5 Å². The lowest BCUT2D eigenvalue weighted by Crippen LogP contribution is -2.26. The summed E-state index contributed by atoms with van der Waals surface area (Å²) >= 11 is 7.54. The van der Waals surface area contributed by atoms with Gasteiger partial charge in [-0.15, -0.1) is 11.8 Å². The summed E-state index contributed by atoms with van der Waals surface area (Å²) < 4.78 is 18.1. The number of rotatable bonds is 7. The van der Waals surface area contributed by atoms with E-state index in [9.17, 15) is 9.18 Å². The highest BCUT2D eigenvalue weighted by Gasteiger charge is 2.12. The first-order chi connectivity index (χ1) is 11.5. The number of hydrogen-bond acceptors (Lipinski definition) is 3. The van der Waals surface area contributed by atoms with Crippen LogP contribution in [0.3, 0.4) is 0 Å². The third kappa shape index (κ3) is 5.42. The molecule has 0 aliphatic heterocycles. The molecule has 0 saturated heterocycles. The second kappa shape index (κ2) is 8.94. The Morgan fingerprint density at radius 2 is 1.96 bits per heavy atom. The van der Waals surface area contributed by atoms with Crippen molar-refractivity contribution in [2.45, 2.75) is 17.9 Å². The Kier molecular flexibility index (Phi) is 6.94. The zero-order valence-electron chi connectivity index (χ0n) is 13.6. The van der Waals surface area contributed by atoms with Gasteiger partial charge in [0.1, 0.15) is 11.6 Å². The summed E-state index contributed by atoms with van der Waals surface area (Å²) in [5.74, 6) is 1.12. The van der Waals surface area contributed by atoms with Gasteiger partial charge in [0.15, 0.2) is 0 Å². The first kappa shape index (κ1) is 18.6. The molecule has 0 saturated carbocycles. The lowest BCUT2D eigenvalue weighted by atomic mass is 10.2. The first-order valence-electron chi connectivity index (χ1n) is 7.44. The van der Waals surface area contributed by atoms with Gasteiger partial charge in [0.05, 0.1) is 7.11 Å². The van der Waals surface area contributed by atoms with Gasteiger partial charge in [-0.25, -0.2) is 4.39 Å². The van der Waals surface area contributed by atoms with Gasteiger partial charge in [-0.2, -0.15) is 0 Å². The van der Waals surface area contributed by atoms with Crippen LogP contribution in [0.5, 0.6) is 5.75 Å². The molecule has 0 aromatic heterocycles. The van der Waals surface area contributed by atoms with Crippen LogP contribution in [-0.2, 0) is 11.3 Å². The smallest absolute Gasteiger partial charge is 0.223 e. The summed E-state index contributed by atoms with van der Waals surface area (Å²) in [5.41, 5.74) is 0.868. The average molecular weight is 368 g/mol. The van der Waals surface area contributed by atoms with Crippen molar-refractivity contribution in [2.75, 3.05) is 19.9 Å². The van der Waals surface area contributed by atoms with Gasteiger partial charge < -0.3 is 9.64 Å². The summed E-state index contributed by atoms with van der Waals surface area (Å²) in [5, 5.41) is 0.610. The number of nitrogens with zero attached hydrogens (tertiary/aromatic N) is 1. The molecule has 0 aliphatic carbocycles. The fourth-order valence-electron chi connectivity index (χ4n) is 2.19. The SMILES string of the molecule is COc1ccc(Cl)cc1CN(C)C(=O)CCSc1ccc(F)cc1. The number of ether oxygens (including phenoxy) is 1. The molecule has 0 bridgehead atoms. The summed E-state index contributed by atoms with van der Waals surface area (Å²) in [6.07, 6.45) is 0.404. The Morgan fingerprint density at radius 3 is 2.62 bits per heavy atom. The van der Waals surface area contributed by atoms with Gasteiger partial charge >= 0.3 is 0 Å². The van der Waals surface area contributed by atoms with E-state index in [1.54, 1.807) is 49.4 Å². The fourth-order valence-corrected chi connectivity index (χ4v) is 3.23. The van der Waals surface area contributed by atoms with E-state index in [2.05, 4.69) is 0 Å². The van der Waals surface area contributed by atoms with Gasteiger partial charge in [0.25, 0.3) is 0 Å². The molecule has 2 aromatic rings. The average Bonchev–Trinajstić information content (AvgIpc) is 2.56. The highest BCUT2D eigenvalue weighted by Crippen LogP contribution is 2.24. The molecule has 0 fully saturated rings. The van der Waals surface area contributed by atoms with Crippen LogP contribution >= 0.6 is 23.4 Å². The molecule has 24 heavy (non-hydrogen) atoms. The molecule has 0 heterocycles. The number of amides is 1. The van der Waals surface area contributed by atoms with Crippen LogP contribution in [0.4, 0.5) is 4.39 Å². The highest BCUT2D eigenvalue weighted by atomic mass is 35.5. The monoisotopic (exact) mass is 367 g/mol. The highest BCUT2D eigenvalue weighted by molar-refractivity contribution is 7.99. The van der Waals surface area contributed by atoms with Crippen molar-refractivity contribution >= 4 is 29.3 Å². The maximum Gasteiger partial charge on any atom is 0.223 e. The van der Waals surface area contributed by atoms with Crippen LogP contribution in [0, 0.1) is 5.82 Å². The molecular weight excluding hydrogens is 349 g/mol. The van der Waals surface area contributed by atoms with Crippen LogP contribution in [0.15, 0.2) is 47.4 Å². The van der Waals surface area contributed by atoms with Gasteiger partial charge in [-0.3, -0.25) is 4.79 Å². The molecular formula is C18H19ClFNO2S. The lowest BCUT2D eigenvalue weighted by molar-refractivity contribution is -0.129. The van der Waals surface area contributed by atoms with Crippen LogP contribution in [0.2, 0.25) is 5.02 Å². The van der Waals surface area contributed by atoms with Crippen molar-refractivity contribution < 1.29 is 13.9 Å². The molecule has 2 aromatic carbocycles. The maximum atomic E-state index is 12.9. The number of benzene rings is 2. The summed E-state index contributed by atoms with van der Waals surface area (Å²) in [6.45, 7) is 0.434. The van der Waals surface area contributed by atoms with Crippen molar-refractivity contribution in [1.29, 1.82) is 0 Å². The van der Waals surface area contributed by atoms with Crippen molar-refractivity contribution in [1.82, 2.24) is 4.90 Å². The Hall–Kier alpha value is -1.72.